The van der Waals surface area contributed by atoms with E-state index in [-0.39, 0.29) is 11.3 Å². The zero-order chi connectivity index (χ0) is 12.7. The summed E-state index contributed by atoms with van der Waals surface area (Å²) < 4.78 is 5.03. The number of halogens is 1. The number of carbonyl (C=O) groups excluding carboxylic acids is 1. The average molecular weight is 256 g/mol. The van der Waals surface area contributed by atoms with E-state index in [0.717, 1.165) is 18.6 Å². The van der Waals surface area contributed by atoms with Crippen LogP contribution in [0.4, 0.5) is 0 Å². The average Bonchev–Trinajstić information content (AvgIpc) is 2.34. The van der Waals surface area contributed by atoms with Gasteiger partial charge in [-0.25, -0.2) is 0 Å². The molecule has 0 aliphatic carbocycles. The molecule has 1 atom stereocenters. The van der Waals surface area contributed by atoms with Crippen molar-refractivity contribution in [2.24, 2.45) is 0 Å². The molecule has 94 valence electrons. The van der Waals surface area contributed by atoms with Crippen molar-refractivity contribution in [2.75, 3.05) is 13.7 Å². The van der Waals surface area contributed by atoms with Crippen molar-refractivity contribution in [1.29, 1.82) is 0 Å². The molecule has 0 fully saturated rings. The summed E-state index contributed by atoms with van der Waals surface area (Å²) in [5.74, 6) is 0.687. The largest absolute Gasteiger partial charge is 0.497 e. The molecule has 1 aromatic rings. The summed E-state index contributed by atoms with van der Waals surface area (Å²) in [6.45, 7) is 2.61. The van der Waals surface area contributed by atoms with E-state index in [9.17, 15) is 4.79 Å². The highest BCUT2D eigenvalue weighted by atomic mass is 35.5. The normalized spacial score (nSPS) is 11.9. The van der Waals surface area contributed by atoms with E-state index >= 15 is 0 Å². The van der Waals surface area contributed by atoms with Gasteiger partial charge in [0.15, 0.2) is 0 Å². The van der Waals surface area contributed by atoms with E-state index in [0.29, 0.717) is 12.1 Å². The second-order valence-electron chi connectivity index (χ2n) is 3.91. The predicted octanol–water partition coefficient (Wildman–Crippen LogP) is 2.83. The number of methoxy groups -OCH3 is 1. The molecular weight excluding hydrogens is 238 g/mol. The van der Waals surface area contributed by atoms with Crippen molar-refractivity contribution < 1.29 is 9.53 Å². The van der Waals surface area contributed by atoms with E-state index in [2.05, 4.69) is 5.32 Å². The molecular formula is C13H18ClNO2. The lowest BCUT2D eigenvalue weighted by Crippen LogP contribution is -2.24. The molecule has 17 heavy (non-hydrogen) atoms. The number of amides is 1. The minimum Gasteiger partial charge on any atom is -0.497 e. The summed E-state index contributed by atoms with van der Waals surface area (Å²) in [7, 11) is 1.60. The van der Waals surface area contributed by atoms with Crippen LogP contribution in [-0.4, -0.2) is 24.9 Å². The molecule has 1 unspecified atom stereocenters. The molecule has 0 aliphatic rings. The van der Waals surface area contributed by atoms with Crippen LogP contribution in [-0.2, 0) is 0 Å². The molecule has 4 heteroatoms. The Bertz CT molecular complexity index is 349. The van der Waals surface area contributed by atoms with Crippen LogP contribution in [0.3, 0.4) is 0 Å². The smallest absolute Gasteiger partial charge is 0.251 e. The van der Waals surface area contributed by atoms with E-state index < -0.39 is 0 Å². The summed E-state index contributed by atoms with van der Waals surface area (Å²) >= 11 is 5.82. The number of hydrogen-bond donors (Lipinski definition) is 1. The van der Waals surface area contributed by atoms with Crippen LogP contribution in [0.2, 0.25) is 0 Å². The molecule has 0 heterocycles. The molecule has 3 nitrogen and oxygen atoms in total. The molecule has 0 saturated heterocycles. The van der Waals surface area contributed by atoms with Gasteiger partial charge in [-0.2, -0.15) is 0 Å². The number of nitrogens with one attached hydrogen (secondary N) is 1. The Morgan fingerprint density at radius 1 is 1.41 bits per heavy atom. The number of hydrogen-bond acceptors (Lipinski definition) is 2. The SMILES string of the molecule is COc1ccc(C(=O)NCCCC(C)Cl)cc1. The molecule has 0 aromatic heterocycles. The Kier molecular flexibility index (Phi) is 5.84. The van der Waals surface area contributed by atoms with Crippen LogP contribution >= 0.6 is 11.6 Å². The Hall–Kier alpha value is -1.22. The van der Waals surface area contributed by atoms with Crippen LogP contribution in [0.5, 0.6) is 5.75 Å². The molecule has 0 aliphatic heterocycles. The third-order valence-corrected chi connectivity index (χ3v) is 2.63. The van der Waals surface area contributed by atoms with Gasteiger partial charge < -0.3 is 10.1 Å². The van der Waals surface area contributed by atoms with E-state index in [1.807, 2.05) is 6.92 Å². The van der Waals surface area contributed by atoms with Gasteiger partial charge in [0.05, 0.1) is 7.11 Å². The number of carbonyl (C=O) groups is 1. The first-order chi connectivity index (χ1) is 8.13. The van der Waals surface area contributed by atoms with E-state index in [1.165, 1.54) is 0 Å². The summed E-state index contributed by atoms with van der Waals surface area (Å²) in [6, 6.07) is 7.04. The van der Waals surface area contributed by atoms with Crippen molar-refractivity contribution in [1.82, 2.24) is 5.32 Å². The van der Waals surface area contributed by atoms with Gasteiger partial charge >= 0.3 is 0 Å². The first-order valence-electron chi connectivity index (χ1n) is 5.70. The fourth-order valence-corrected chi connectivity index (χ4v) is 1.58. The van der Waals surface area contributed by atoms with Crippen LogP contribution in [0.25, 0.3) is 0 Å². The zero-order valence-corrected chi connectivity index (χ0v) is 11.0. The summed E-state index contributed by atoms with van der Waals surface area (Å²) in [5.41, 5.74) is 0.643. The van der Waals surface area contributed by atoms with Crippen molar-refractivity contribution in [3.05, 3.63) is 29.8 Å². The highest BCUT2D eigenvalue weighted by Crippen LogP contribution is 2.11. The lowest BCUT2D eigenvalue weighted by Gasteiger charge is -2.06. The van der Waals surface area contributed by atoms with E-state index in [4.69, 9.17) is 16.3 Å². The third kappa shape index (κ3) is 5.09. The van der Waals surface area contributed by atoms with Gasteiger partial charge in [-0.3, -0.25) is 4.79 Å². The minimum atomic E-state index is -0.0603. The molecule has 0 saturated carbocycles. The third-order valence-electron chi connectivity index (χ3n) is 2.42. The Morgan fingerprint density at radius 3 is 2.59 bits per heavy atom. The predicted molar refractivity (Wildman–Crippen MR) is 69.9 cm³/mol. The van der Waals surface area contributed by atoms with Gasteiger partial charge in [0, 0.05) is 17.5 Å². The van der Waals surface area contributed by atoms with E-state index in [1.54, 1.807) is 31.4 Å². The maximum absolute atomic E-state index is 11.7. The topological polar surface area (TPSA) is 38.3 Å². The summed E-state index contributed by atoms with van der Waals surface area (Å²) in [6.07, 6.45) is 1.80. The maximum Gasteiger partial charge on any atom is 0.251 e. The van der Waals surface area contributed by atoms with Crippen molar-refractivity contribution >= 4 is 17.5 Å². The van der Waals surface area contributed by atoms with Crippen molar-refractivity contribution in [2.45, 2.75) is 25.1 Å². The van der Waals surface area contributed by atoms with Gasteiger partial charge in [0.1, 0.15) is 5.75 Å². The summed E-state index contributed by atoms with van der Waals surface area (Å²) in [4.78, 5) is 11.7. The monoisotopic (exact) mass is 255 g/mol. The second-order valence-corrected chi connectivity index (χ2v) is 4.65. The van der Waals surface area contributed by atoms with Crippen LogP contribution in [0.15, 0.2) is 24.3 Å². The molecule has 1 rings (SSSR count). The Labute approximate surface area is 107 Å². The second kappa shape index (κ2) is 7.17. The lowest BCUT2D eigenvalue weighted by atomic mass is 10.2. The molecule has 0 radical (unpaired) electrons. The number of ether oxygens (including phenoxy) is 1. The lowest BCUT2D eigenvalue weighted by molar-refractivity contribution is 0.0953. The van der Waals surface area contributed by atoms with Gasteiger partial charge in [0.2, 0.25) is 0 Å². The van der Waals surface area contributed by atoms with Crippen LogP contribution in [0, 0.1) is 0 Å². The fraction of sp³-hybridized carbons (Fsp3) is 0.462. The number of rotatable bonds is 6. The molecule has 0 spiro atoms. The summed E-state index contributed by atoms with van der Waals surface area (Å²) in [5, 5.41) is 3.01. The quantitative estimate of drug-likeness (QED) is 0.627. The molecule has 1 aromatic carbocycles. The molecule has 0 bridgehead atoms. The van der Waals surface area contributed by atoms with Crippen LogP contribution < -0.4 is 10.1 Å². The fourth-order valence-electron chi connectivity index (χ4n) is 1.43. The van der Waals surface area contributed by atoms with Crippen molar-refractivity contribution in [3.8, 4) is 5.75 Å². The standard InChI is InChI=1S/C13H18ClNO2/c1-10(14)4-3-9-15-13(16)11-5-7-12(17-2)8-6-11/h5-8,10H,3-4,9H2,1-2H3,(H,15,16). The highest BCUT2D eigenvalue weighted by molar-refractivity contribution is 6.20. The number of benzene rings is 1. The first-order valence-corrected chi connectivity index (χ1v) is 6.13. The van der Waals surface area contributed by atoms with Crippen molar-refractivity contribution in [3.63, 3.8) is 0 Å². The van der Waals surface area contributed by atoms with Gasteiger partial charge in [0.25, 0.3) is 5.91 Å². The van der Waals surface area contributed by atoms with Gasteiger partial charge in [-0.1, -0.05) is 0 Å². The van der Waals surface area contributed by atoms with Gasteiger partial charge in [-0.05, 0) is 44.0 Å². The minimum absolute atomic E-state index is 0.0603. The van der Waals surface area contributed by atoms with Crippen LogP contribution in [0.1, 0.15) is 30.1 Å². The zero-order valence-electron chi connectivity index (χ0n) is 10.2. The molecule has 1 amide bonds. The maximum atomic E-state index is 11.7. The highest BCUT2D eigenvalue weighted by Gasteiger charge is 2.04. The van der Waals surface area contributed by atoms with Gasteiger partial charge in [-0.15, -0.1) is 11.6 Å². The molecule has 1 N–H and O–H groups in total. The number of alkyl halides is 1. The Morgan fingerprint density at radius 2 is 2.06 bits per heavy atom. The Balaban J connectivity index is 2.36. The first kappa shape index (κ1) is 13.8.